The minimum Gasteiger partial charge on any atom is -0.496 e. The highest BCUT2D eigenvalue weighted by atomic mass is 16.5. The van der Waals surface area contributed by atoms with E-state index in [9.17, 15) is 4.79 Å². The van der Waals surface area contributed by atoms with Crippen molar-refractivity contribution in [1.82, 2.24) is 4.57 Å². The zero-order chi connectivity index (χ0) is 14.0. The SMILES string of the molecule is COc1[c]c(OC)cc(-c2cc(C)c(=O)n(C)c2)c1. The maximum atomic E-state index is 11.7. The van der Waals surface area contributed by atoms with Gasteiger partial charge in [0.25, 0.3) is 5.56 Å². The number of benzene rings is 1. The van der Waals surface area contributed by atoms with Crippen LogP contribution in [0.15, 0.2) is 29.2 Å². The van der Waals surface area contributed by atoms with Gasteiger partial charge in [-0.2, -0.15) is 0 Å². The number of methoxy groups -OCH3 is 2. The molecule has 1 radical (unpaired) electrons. The van der Waals surface area contributed by atoms with Crippen molar-refractivity contribution in [1.29, 1.82) is 0 Å². The highest BCUT2D eigenvalue weighted by molar-refractivity contribution is 5.66. The van der Waals surface area contributed by atoms with Crippen LogP contribution in [0, 0.1) is 13.0 Å². The molecule has 0 N–H and O–H groups in total. The standard InChI is InChI=1S/C15H16NO3/c1-10-5-12(9-16(2)15(10)17)11-6-13(18-3)8-14(7-11)19-4/h5-7,9H,1-4H3. The van der Waals surface area contributed by atoms with Gasteiger partial charge in [-0.3, -0.25) is 4.79 Å². The van der Waals surface area contributed by atoms with Crippen LogP contribution in [0.1, 0.15) is 5.56 Å². The largest absolute Gasteiger partial charge is 0.496 e. The normalized spacial score (nSPS) is 10.3. The fraction of sp³-hybridized carbons (Fsp3) is 0.267. The molecule has 0 spiro atoms. The van der Waals surface area contributed by atoms with Gasteiger partial charge in [0.15, 0.2) is 0 Å². The number of aromatic nitrogens is 1. The van der Waals surface area contributed by atoms with Crippen LogP contribution >= 0.6 is 0 Å². The summed E-state index contributed by atoms with van der Waals surface area (Å²) in [4.78, 5) is 11.7. The molecule has 99 valence electrons. The minimum absolute atomic E-state index is 0.00479. The average molecular weight is 258 g/mol. The summed E-state index contributed by atoms with van der Waals surface area (Å²) < 4.78 is 12.0. The monoisotopic (exact) mass is 258 g/mol. The van der Waals surface area contributed by atoms with Crippen molar-refractivity contribution in [2.24, 2.45) is 7.05 Å². The maximum Gasteiger partial charge on any atom is 0.253 e. The zero-order valence-electron chi connectivity index (χ0n) is 11.5. The van der Waals surface area contributed by atoms with Crippen LogP contribution in [0.5, 0.6) is 11.5 Å². The molecule has 1 aromatic heterocycles. The number of hydrogen-bond donors (Lipinski definition) is 0. The van der Waals surface area contributed by atoms with E-state index in [1.807, 2.05) is 18.2 Å². The summed E-state index contributed by atoms with van der Waals surface area (Å²) in [7, 11) is 4.91. The van der Waals surface area contributed by atoms with Gasteiger partial charge in [-0.1, -0.05) is 0 Å². The molecule has 0 aliphatic heterocycles. The lowest BCUT2D eigenvalue weighted by molar-refractivity contribution is 0.393. The van der Waals surface area contributed by atoms with E-state index in [0.29, 0.717) is 17.1 Å². The summed E-state index contributed by atoms with van der Waals surface area (Å²) >= 11 is 0. The first kappa shape index (κ1) is 13.2. The Labute approximate surface area is 112 Å². The molecule has 0 saturated heterocycles. The molecule has 0 bridgehead atoms. The first-order valence-electron chi connectivity index (χ1n) is 5.88. The van der Waals surface area contributed by atoms with E-state index in [2.05, 4.69) is 6.07 Å². The predicted octanol–water partition coefficient (Wildman–Crippen LogP) is 2.18. The molecular formula is C15H16NO3. The quantitative estimate of drug-likeness (QED) is 0.847. The Morgan fingerprint density at radius 3 is 2.11 bits per heavy atom. The Bertz CT molecular complexity index is 610. The van der Waals surface area contributed by atoms with Gasteiger partial charge in [0.2, 0.25) is 0 Å². The summed E-state index contributed by atoms with van der Waals surface area (Å²) in [6.45, 7) is 1.80. The van der Waals surface area contributed by atoms with Gasteiger partial charge in [0, 0.05) is 18.8 Å². The average Bonchev–Trinajstić information content (AvgIpc) is 2.43. The molecule has 0 aliphatic carbocycles. The molecule has 0 unspecified atom stereocenters. The topological polar surface area (TPSA) is 40.5 Å². The second-order valence-corrected chi connectivity index (χ2v) is 4.33. The summed E-state index contributed by atoms with van der Waals surface area (Å²) in [6.07, 6.45) is 1.80. The number of ether oxygens (including phenoxy) is 2. The van der Waals surface area contributed by atoms with E-state index in [-0.39, 0.29) is 5.56 Å². The van der Waals surface area contributed by atoms with Gasteiger partial charge in [-0.15, -0.1) is 0 Å². The zero-order valence-corrected chi connectivity index (χ0v) is 11.5. The molecule has 2 rings (SSSR count). The Morgan fingerprint density at radius 2 is 1.63 bits per heavy atom. The molecule has 0 aliphatic rings. The van der Waals surface area contributed by atoms with E-state index < -0.39 is 0 Å². The fourth-order valence-corrected chi connectivity index (χ4v) is 1.94. The van der Waals surface area contributed by atoms with Gasteiger partial charge >= 0.3 is 0 Å². The number of hydrogen-bond acceptors (Lipinski definition) is 3. The summed E-state index contributed by atoms with van der Waals surface area (Å²) in [5.74, 6) is 1.20. The molecule has 0 atom stereocenters. The van der Waals surface area contributed by atoms with Crippen LogP contribution in [0.25, 0.3) is 11.1 Å². The Morgan fingerprint density at radius 1 is 1.05 bits per heavy atom. The van der Waals surface area contributed by atoms with E-state index >= 15 is 0 Å². The predicted molar refractivity (Wildman–Crippen MR) is 73.8 cm³/mol. The molecule has 19 heavy (non-hydrogen) atoms. The lowest BCUT2D eigenvalue weighted by Gasteiger charge is -2.10. The molecule has 1 heterocycles. The van der Waals surface area contributed by atoms with Crippen molar-refractivity contribution >= 4 is 0 Å². The van der Waals surface area contributed by atoms with Gasteiger partial charge in [-0.25, -0.2) is 0 Å². The van der Waals surface area contributed by atoms with Crippen LogP contribution in [0.4, 0.5) is 0 Å². The van der Waals surface area contributed by atoms with E-state index in [0.717, 1.165) is 11.1 Å². The molecule has 0 saturated carbocycles. The first-order chi connectivity index (χ1) is 9.05. The minimum atomic E-state index is 0.00479. The Kier molecular flexibility index (Phi) is 3.60. The highest BCUT2D eigenvalue weighted by Gasteiger charge is 2.07. The Hall–Kier alpha value is -2.23. The van der Waals surface area contributed by atoms with E-state index in [4.69, 9.17) is 9.47 Å². The third-order valence-corrected chi connectivity index (χ3v) is 2.96. The molecule has 1 aromatic carbocycles. The second kappa shape index (κ2) is 5.18. The van der Waals surface area contributed by atoms with E-state index in [1.54, 1.807) is 39.0 Å². The molecule has 4 heteroatoms. The lowest BCUT2D eigenvalue weighted by atomic mass is 10.1. The lowest BCUT2D eigenvalue weighted by Crippen LogP contribution is -2.18. The van der Waals surface area contributed by atoms with Crippen LogP contribution < -0.4 is 15.0 Å². The maximum absolute atomic E-state index is 11.7. The van der Waals surface area contributed by atoms with Crippen LogP contribution in [-0.4, -0.2) is 18.8 Å². The van der Waals surface area contributed by atoms with Crippen molar-refractivity contribution in [3.63, 3.8) is 0 Å². The van der Waals surface area contributed by atoms with Crippen molar-refractivity contribution < 1.29 is 9.47 Å². The van der Waals surface area contributed by atoms with Gasteiger partial charge in [-0.05, 0) is 36.2 Å². The number of aryl methyl sites for hydroxylation is 2. The van der Waals surface area contributed by atoms with Crippen molar-refractivity contribution in [3.05, 3.63) is 46.4 Å². The fourth-order valence-electron chi connectivity index (χ4n) is 1.94. The summed E-state index contributed by atoms with van der Waals surface area (Å²) in [6, 6.07) is 8.56. The summed E-state index contributed by atoms with van der Waals surface area (Å²) in [5, 5.41) is 0. The molecule has 2 aromatic rings. The number of rotatable bonds is 3. The molecular weight excluding hydrogens is 242 g/mol. The number of pyridine rings is 1. The summed E-state index contributed by atoms with van der Waals surface area (Å²) in [5.41, 5.74) is 2.56. The van der Waals surface area contributed by atoms with Gasteiger partial charge in [0.05, 0.1) is 20.3 Å². The van der Waals surface area contributed by atoms with Crippen molar-refractivity contribution in [3.8, 4) is 22.6 Å². The number of nitrogens with zero attached hydrogens (tertiary/aromatic N) is 1. The third-order valence-electron chi connectivity index (χ3n) is 2.96. The Balaban J connectivity index is 2.61. The second-order valence-electron chi connectivity index (χ2n) is 4.33. The molecule has 4 nitrogen and oxygen atoms in total. The van der Waals surface area contributed by atoms with Crippen LogP contribution in [0.3, 0.4) is 0 Å². The van der Waals surface area contributed by atoms with Crippen molar-refractivity contribution in [2.75, 3.05) is 14.2 Å². The van der Waals surface area contributed by atoms with Crippen LogP contribution in [0.2, 0.25) is 0 Å². The third kappa shape index (κ3) is 2.62. The van der Waals surface area contributed by atoms with Crippen LogP contribution in [-0.2, 0) is 7.05 Å². The van der Waals surface area contributed by atoms with Gasteiger partial charge < -0.3 is 14.0 Å². The van der Waals surface area contributed by atoms with E-state index in [1.165, 1.54) is 0 Å². The smallest absolute Gasteiger partial charge is 0.253 e. The first-order valence-corrected chi connectivity index (χ1v) is 5.88. The molecule has 0 amide bonds. The van der Waals surface area contributed by atoms with Gasteiger partial charge in [0.1, 0.15) is 11.5 Å². The van der Waals surface area contributed by atoms with Crippen molar-refractivity contribution in [2.45, 2.75) is 6.92 Å². The highest BCUT2D eigenvalue weighted by Crippen LogP contribution is 2.28. The molecule has 0 fully saturated rings.